The molecule has 19 heteroatoms. The number of hydrogen-bond donors (Lipinski definition) is 6. The molecular formula is C24H21N3O12S4. The van der Waals surface area contributed by atoms with E-state index in [-0.39, 0.29) is 22.9 Å². The molecule has 0 saturated heterocycles. The van der Waals surface area contributed by atoms with Gasteiger partial charge in [-0.15, -0.1) is 0 Å². The summed E-state index contributed by atoms with van der Waals surface area (Å²) < 4.78 is 129. The Bertz CT molecular complexity index is 2230. The summed E-state index contributed by atoms with van der Waals surface area (Å²) in [7, 11) is -20.2. The van der Waals surface area contributed by atoms with Crippen LogP contribution in [0.3, 0.4) is 0 Å². The van der Waals surface area contributed by atoms with Crippen molar-refractivity contribution in [1.82, 2.24) is 0 Å². The molecule has 0 unspecified atom stereocenters. The second kappa shape index (κ2) is 11.2. The van der Waals surface area contributed by atoms with Crippen molar-refractivity contribution >= 4 is 74.1 Å². The molecule has 4 aromatic carbocycles. The van der Waals surface area contributed by atoms with Crippen LogP contribution in [0.25, 0.3) is 10.8 Å². The Morgan fingerprint density at radius 3 is 1.98 bits per heavy atom. The Kier molecular flexibility index (Phi) is 8.28. The van der Waals surface area contributed by atoms with Gasteiger partial charge in [-0.1, -0.05) is 18.2 Å². The lowest BCUT2D eigenvalue weighted by Crippen LogP contribution is -2.17. The van der Waals surface area contributed by atoms with E-state index >= 15 is 0 Å². The molecule has 0 fully saturated rings. The number of carbonyl (C=O) groups is 1. The summed E-state index contributed by atoms with van der Waals surface area (Å²) in [5.74, 6) is -1.29. The normalized spacial score (nSPS) is 12.6. The summed E-state index contributed by atoms with van der Waals surface area (Å²) in [5.41, 5.74) is 6.01. The van der Waals surface area contributed by atoms with Crippen LogP contribution >= 0.6 is 0 Å². The van der Waals surface area contributed by atoms with Crippen molar-refractivity contribution in [3.05, 3.63) is 83.9 Å². The second-order valence-electron chi connectivity index (χ2n) is 9.02. The number of hydrogen-bond acceptors (Lipinski definition) is 10. The summed E-state index contributed by atoms with van der Waals surface area (Å²) >= 11 is 0. The molecule has 0 aliphatic heterocycles. The summed E-state index contributed by atoms with van der Waals surface area (Å²) in [6, 6.07) is 14.0. The van der Waals surface area contributed by atoms with E-state index in [1.54, 1.807) is 12.1 Å². The van der Waals surface area contributed by atoms with Crippen molar-refractivity contribution in [3.8, 4) is 0 Å². The van der Waals surface area contributed by atoms with E-state index in [9.17, 15) is 52.1 Å². The van der Waals surface area contributed by atoms with E-state index in [1.165, 1.54) is 36.4 Å². The quantitative estimate of drug-likeness (QED) is 0.110. The first-order chi connectivity index (χ1) is 19.7. The van der Waals surface area contributed by atoms with Crippen LogP contribution in [0.4, 0.5) is 17.1 Å². The fourth-order valence-corrected chi connectivity index (χ4v) is 7.34. The zero-order valence-electron chi connectivity index (χ0n) is 21.4. The molecular weight excluding hydrogens is 651 g/mol. The van der Waals surface area contributed by atoms with Gasteiger partial charge >= 0.3 is 0 Å². The number of nitrogens with two attached hydrogens (primary N) is 1. The Hall–Kier alpha value is -4.11. The molecule has 0 aliphatic rings. The maximum absolute atomic E-state index is 13.1. The minimum atomic E-state index is -5.39. The van der Waals surface area contributed by atoms with Gasteiger partial charge in [-0.2, -0.15) is 25.3 Å². The van der Waals surface area contributed by atoms with Gasteiger partial charge < -0.3 is 11.1 Å². The molecule has 7 N–H and O–H groups in total. The van der Waals surface area contributed by atoms with Gasteiger partial charge in [0.2, 0.25) is 10.0 Å². The summed E-state index contributed by atoms with van der Waals surface area (Å²) in [6.45, 7) is 0. The van der Waals surface area contributed by atoms with Gasteiger partial charge in [0.1, 0.15) is 9.79 Å². The van der Waals surface area contributed by atoms with E-state index in [0.717, 1.165) is 6.07 Å². The van der Waals surface area contributed by atoms with E-state index in [4.69, 9.17) is 5.73 Å². The molecule has 0 atom stereocenters. The van der Waals surface area contributed by atoms with Crippen molar-refractivity contribution in [3.63, 3.8) is 0 Å². The highest BCUT2D eigenvalue weighted by Crippen LogP contribution is 2.37. The Labute approximate surface area is 245 Å². The predicted molar refractivity (Wildman–Crippen MR) is 155 cm³/mol. The minimum Gasteiger partial charge on any atom is -0.399 e. The first-order valence-electron chi connectivity index (χ1n) is 11.5. The van der Waals surface area contributed by atoms with Crippen LogP contribution in [0, 0.1) is 0 Å². The number of benzene rings is 4. The smallest absolute Gasteiger partial charge is 0.295 e. The van der Waals surface area contributed by atoms with Crippen LogP contribution in [0.1, 0.15) is 15.9 Å². The van der Waals surface area contributed by atoms with Gasteiger partial charge in [-0.3, -0.25) is 23.2 Å². The number of rotatable bonds is 9. The molecule has 228 valence electrons. The zero-order valence-corrected chi connectivity index (χ0v) is 24.6. The predicted octanol–water partition coefficient (Wildman–Crippen LogP) is 2.36. The van der Waals surface area contributed by atoms with E-state index in [0.29, 0.717) is 17.8 Å². The summed E-state index contributed by atoms with van der Waals surface area (Å²) in [6.07, 6.45) is 0. The van der Waals surface area contributed by atoms with Gasteiger partial charge in [-0.25, -0.2) is 8.42 Å². The first-order valence-corrected chi connectivity index (χ1v) is 17.5. The highest BCUT2D eigenvalue weighted by atomic mass is 32.2. The maximum Gasteiger partial charge on any atom is 0.295 e. The van der Waals surface area contributed by atoms with Crippen molar-refractivity contribution in [2.75, 3.05) is 15.8 Å². The van der Waals surface area contributed by atoms with Crippen LogP contribution in [-0.4, -0.2) is 53.2 Å². The molecule has 0 aliphatic carbocycles. The highest BCUT2D eigenvalue weighted by molar-refractivity contribution is 7.92. The van der Waals surface area contributed by atoms with Gasteiger partial charge in [-0.05, 0) is 60.2 Å². The molecule has 4 aromatic rings. The number of amides is 1. The monoisotopic (exact) mass is 671 g/mol. The first kappa shape index (κ1) is 31.8. The SMILES string of the molecule is Nc1cccc(C(=O)Nc2cccc(CS(=O)(=O)Nc3ccc(S(=O)(=O)O)c4cc(S(=O)(=O)O)cc(S(=O)(=O)O)c34)c2)c1. The fraction of sp³-hybridized carbons (Fsp3) is 0.0417. The minimum absolute atomic E-state index is 0.139. The molecule has 0 spiro atoms. The number of nitrogen functional groups attached to an aromatic ring is 1. The molecule has 0 bridgehead atoms. The van der Waals surface area contributed by atoms with Crippen LogP contribution < -0.4 is 15.8 Å². The van der Waals surface area contributed by atoms with E-state index in [2.05, 4.69) is 10.0 Å². The number of sulfonamides is 1. The van der Waals surface area contributed by atoms with Gasteiger partial charge in [0.05, 0.1) is 16.3 Å². The number of carbonyl (C=O) groups excluding carboxylic acids is 1. The molecule has 0 saturated carbocycles. The van der Waals surface area contributed by atoms with Gasteiger partial charge in [0.25, 0.3) is 36.3 Å². The third-order valence-electron chi connectivity index (χ3n) is 5.82. The third kappa shape index (κ3) is 7.46. The molecule has 15 nitrogen and oxygen atoms in total. The van der Waals surface area contributed by atoms with Crippen molar-refractivity contribution in [2.24, 2.45) is 0 Å². The van der Waals surface area contributed by atoms with Crippen LogP contribution in [0.5, 0.6) is 0 Å². The zero-order chi connectivity index (χ0) is 32.0. The Balaban J connectivity index is 1.76. The molecule has 0 heterocycles. The molecule has 0 radical (unpaired) electrons. The van der Waals surface area contributed by atoms with Crippen LogP contribution in [-0.2, 0) is 46.1 Å². The second-order valence-corrected chi connectivity index (χ2v) is 14.9. The maximum atomic E-state index is 13.1. The van der Waals surface area contributed by atoms with Gasteiger partial charge in [0.15, 0.2) is 0 Å². The summed E-state index contributed by atoms with van der Waals surface area (Å²) in [4.78, 5) is 9.04. The van der Waals surface area contributed by atoms with Gasteiger partial charge in [0, 0.05) is 27.7 Å². The lowest BCUT2D eigenvalue weighted by molar-refractivity contribution is 0.102. The van der Waals surface area contributed by atoms with Crippen molar-refractivity contribution in [2.45, 2.75) is 20.4 Å². The number of anilines is 3. The fourth-order valence-electron chi connectivity index (χ4n) is 4.10. The Morgan fingerprint density at radius 2 is 1.37 bits per heavy atom. The Morgan fingerprint density at radius 1 is 0.721 bits per heavy atom. The lowest BCUT2D eigenvalue weighted by Gasteiger charge is -2.16. The van der Waals surface area contributed by atoms with Crippen molar-refractivity contribution in [1.29, 1.82) is 0 Å². The average Bonchev–Trinajstić information content (AvgIpc) is 2.86. The summed E-state index contributed by atoms with van der Waals surface area (Å²) in [5, 5.41) is 0.920. The molecule has 4 rings (SSSR count). The van der Waals surface area contributed by atoms with Crippen LogP contribution in [0.2, 0.25) is 0 Å². The molecule has 1 amide bonds. The van der Waals surface area contributed by atoms with Crippen molar-refractivity contribution < 1.29 is 52.1 Å². The van der Waals surface area contributed by atoms with Crippen LogP contribution in [0.15, 0.2) is 87.5 Å². The largest absolute Gasteiger partial charge is 0.399 e. The highest BCUT2D eigenvalue weighted by Gasteiger charge is 2.28. The molecule has 0 aromatic heterocycles. The number of nitrogens with one attached hydrogen (secondary N) is 2. The average molecular weight is 672 g/mol. The topological polar surface area (TPSA) is 264 Å². The lowest BCUT2D eigenvalue weighted by atomic mass is 10.1. The number of fused-ring (bicyclic) bond motifs is 1. The molecule has 43 heavy (non-hydrogen) atoms. The standard InChI is InChI=1S/C24H21N3O12S4/c25-16-5-2-4-15(10-16)24(28)26-17-6-1-3-14(9-17)13-40(29,30)27-20-7-8-21(42(34,35)36)19-11-18(41(31,32)33)12-22(23(19)20)43(37,38)39/h1-12,27H,13,25H2,(H,26,28)(H,31,32,33)(H,34,35,36)(H,37,38,39). The van der Waals surface area contributed by atoms with E-state index in [1.807, 2.05) is 0 Å². The third-order valence-corrected chi connectivity index (χ3v) is 9.69. The van der Waals surface area contributed by atoms with E-state index < -0.39 is 83.2 Å².